The molecule has 0 unspecified atom stereocenters. The molecule has 1 rings (SSSR count). The Morgan fingerprint density at radius 3 is 2.72 bits per heavy atom. The molecule has 0 spiro atoms. The quantitative estimate of drug-likeness (QED) is 0.696. The van der Waals surface area contributed by atoms with Gasteiger partial charge in [0.1, 0.15) is 5.75 Å². The zero-order valence-electron chi connectivity index (χ0n) is 11.3. The van der Waals surface area contributed by atoms with Gasteiger partial charge >= 0.3 is 0 Å². The van der Waals surface area contributed by atoms with Gasteiger partial charge in [0.05, 0.1) is 23.1 Å². The second kappa shape index (κ2) is 6.66. The van der Waals surface area contributed by atoms with E-state index >= 15 is 0 Å². The van der Waals surface area contributed by atoms with E-state index in [2.05, 4.69) is 6.07 Å². The van der Waals surface area contributed by atoms with Gasteiger partial charge in [-0.2, -0.15) is 5.26 Å². The van der Waals surface area contributed by atoms with Gasteiger partial charge in [0.2, 0.25) is 0 Å². The Morgan fingerprint density at radius 1 is 1.33 bits per heavy atom. The Bertz CT molecular complexity index is 435. The van der Waals surface area contributed by atoms with E-state index in [0.717, 1.165) is 30.6 Å². The molecule has 0 aliphatic heterocycles. The summed E-state index contributed by atoms with van der Waals surface area (Å²) in [6.45, 7) is 6.58. The Labute approximate surface area is 115 Å². The summed E-state index contributed by atoms with van der Waals surface area (Å²) in [6, 6.07) is 8.07. The predicted molar refractivity (Wildman–Crippen MR) is 74.9 cm³/mol. The smallest absolute Gasteiger partial charge is 0.138 e. The molecule has 3 heteroatoms. The molecule has 0 radical (unpaired) electrons. The van der Waals surface area contributed by atoms with Crippen LogP contribution in [0.1, 0.15) is 38.7 Å². The van der Waals surface area contributed by atoms with Crippen molar-refractivity contribution in [2.24, 2.45) is 5.41 Å². The molecule has 0 saturated heterocycles. The predicted octanol–water partition coefficient (Wildman–Crippen LogP) is 4.75. The number of nitrogens with zero attached hydrogens (tertiary/aromatic N) is 1. The molecule has 2 nitrogen and oxygen atoms in total. The van der Waals surface area contributed by atoms with Crippen molar-refractivity contribution < 1.29 is 4.74 Å². The molecule has 98 valence electrons. The number of aryl methyl sites for hydroxylation is 1. The Morgan fingerprint density at radius 2 is 2.06 bits per heavy atom. The van der Waals surface area contributed by atoms with Crippen LogP contribution >= 0.6 is 11.6 Å². The first kappa shape index (κ1) is 14.9. The Kier molecular flexibility index (Phi) is 5.50. The molecule has 0 aliphatic carbocycles. The SMILES string of the molecule is Cc1ccc(Cl)c(OCCCCC(C)(C)C#N)c1. The maximum absolute atomic E-state index is 8.90. The van der Waals surface area contributed by atoms with Crippen LogP contribution in [0.3, 0.4) is 0 Å². The summed E-state index contributed by atoms with van der Waals surface area (Å²) < 4.78 is 5.65. The fourth-order valence-corrected chi connectivity index (χ4v) is 1.80. The third-order valence-electron chi connectivity index (χ3n) is 2.84. The van der Waals surface area contributed by atoms with Crippen molar-refractivity contribution in [3.8, 4) is 11.8 Å². The van der Waals surface area contributed by atoms with E-state index in [-0.39, 0.29) is 5.41 Å². The minimum atomic E-state index is -0.235. The summed E-state index contributed by atoms with van der Waals surface area (Å²) in [5.41, 5.74) is 0.904. The molecule has 0 saturated carbocycles. The summed E-state index contributed by atoms with van der Waals surface area (Å²) in [5, 5.41) is 9.55. The molecule has 1 aromatic carbocycles. The average molecular weight is 266 g/mol. The molecule has 0 heterocycles. The monoisotopic (exact) mass is 265 g/mol. The van der Waals surface area contributed by atoms with Gasteiger partial charge in [-0.05, 0) is 57.7 Å². The first-order valence-corrected chi connectivity index (χ1v) is 6.62. The average Bonchev–Trinajstić information content (AvgIpc) is 2.33. The van der Waals surface area contributed by atoms with Crippen molar-refractivity contribution in [3.63, 3.8) is 0 Å². The van der Waals surface area contributed by atoms with Gasteiger partial charge in [0.25, 0.3) is 0 Å². The maximum Gasteiger partial charge on any atom is 0.138 e. The lowest BCUT2D eigenvalue weighted by Gasteiger charge is -2.14. The summed E-state index contributed by atoms with van der Waals surface area (Å²) in [5.74, 6) is 0.746. The second-order valence-electron chi connectivity index (χ2n) is 5.24. The minimum Gasteiger partial charge on any atom is -0.492 e. The first-order chi connectivity index (χ1) is 8.44. The highest BCUT2D eigenvalue weighted by Gasteiger charge is 2.15. The van der Waals surface area contributed by atoms with Crippen LogP contribution in [-0.2, 0) is 0 Å². The van der Waals surface area contributed by atoms with Crippen LogP contribution in [-0.4, -0.2) is 6.61 Å². The summed E-state index contributed by atoms with van der Waals surface area (Å²) >= 11 is 6.04. The van der Waals surface area contributed by atoms with Gasteiger partial charge in [-0.3, -0.25) is 0 Å². The fraction of sp³-hybridized carbons (Fsp3) is 0.533. The number of benzene rings is 1. The number of hydrogen-bond donors (Lipinski definition) is 0. The zero-order chi connectivity index (χ0) is 13.6. The number of nitriles is 1. The highest BCUT2D eigenvalue weighted by atomic mass is 35.5. The van der Waals surface area contributed by atoms with E-state index in [9.17, 15) is 0 Å². The first-order valence-electron chi connectivity index (χ1n) is 6.25. The van der Waals surface area contributed by atoms with Crippen molar-refractivity contribution in [2.45, 2.75) is 40.0 Å². The fourth-order valence-electron chi connectivity index (χ4n) is 1.63. The Balaban J connectivity index is 2.30. The highest BCUT2D eigenvalue weighted by Crippen LogP contribution is 2.26. The maximum atomic E-state index is 8.90. The van der Waals surface area contributed by atoms with Crippen molar-refractivity contribution >= 4 is 11.6 Å². The molecule has 1 aromatic rings. The van der Waals surface area contributed by atoms with Crippen LogP contribution in [0.4, 0.5) is 0 Å². The van der Waals surface area contributed by atoms with E-state index in [1.165, 1.54) is 0 Å². The molecule has 0 bridgehead atoms. The highest BCUT2D eigenvalue weighted by molar-refractivity contribution is 6.32. The number of unbranched alkanes of at least 4 members (excludes halogenated alkanes) is 1. The summed E-state index contributed by atoms with van der Waals surface area (Å²) in [7, 11) is 0. The molecule has 0 atom stereocenters. The molecule has 0 N–H and O–H groups in total. The van der Waals surface area contributed by atoms with E-state index in [4.69, 9.17) is 21.6 Å². The van der Waals surface area contributed by atoms with Crippen LogP contribution < -0.4 is 4.74 Å². The molecular weight excluding hydrogens is 246 g/mol. The molecule has 0 aromatic heterocycles. The van der Waals surface area contributed by atoms with E-state index in [1.54, 1.807) is 0 Å². The van der Waals surface area contributed by atoms with Crippen LogP contribution in [0.15, 0.2) is 18.2 Å². The van der Waals surface area contributed by atoms with Gasteiger partial charge in [-0.25, -0.2) is 0 Å². The van der Waals surface area contributed by atoms with Crippen molar-refractivity contribution in [1.82, 2.24) is 0 Å². The molecule has 0 amide bonds. The molecular formula is C15H20ClNO. The van der Waals surface area contributed by atoms with Crippen LogP contribution in [0, 0.1) is 23.7 Å². The van der Waals surface area contributed by atoms with Crippen molar-refractivity contribution in [2.75, 3.05) is 6.61 Å². The van der Waals surface area contributed by atoms with Crippen LogP contribution in [0.25, 0.3) is 0 Å². The second-order valence-corrected chi connectivity index (χ2v) is 5.64. The van der Waals surface area contributed by atoms with Gasteiger partial charge in [0.15, 0.2) is 0 Å². The molecule has 18 heavy (non-hydrogen) atoms. The van der Waals surface area contributed by atoms with Gasteiger partial charge in [-0.15, -0.1) is 0 Å². The number of ether oxygens (including phenoxy) is 1. The van der Waals surface area contributed by atoms with Gasteiger partial charge in [0, 0.05) is 0 Å². The lowest BCUT2D eigenvalue weighted by atomic mass is 9.89. The molecule has 0 fully saturated rings. The summed E-state index contributed by atoms with van der Waals surface area (Å²) in [4.78, 5) is 0. The normalized spacial score (nSPS) is 11.1. The topological polar surface area (TPSA) is 33.0 Å². The van der Waals surface area contributed by atoms with Crippen molar-refractivity contribution in [3.05, 3.63) is 28.8 Å². The summed E-state index contributed by atoms with van der Waals surface area (Å²) in [6.07, 6.45) is 2.83. The standard InChI is InChI=1S/C15H20ClNO/c1-12-6-7-13(16)14(10-12)18-9-5-4-8-15(2,3)11-17/h6-7,10H,4-5,8-9H2,1-3H3. The van der Waals surface area contributed by atoms with Gasteiger partial charge < -0.3 is 4.74 Å². The number of hydrogen-bond acceptors (Lipinski definition) is 2. The largest absolute Gasteiger partial charge is 0.492 e. The van der Waals surface area contributed by atoms with E-state index in [0.29, 0.717) is 11.6 Å². The van der Waals surface area contributed by atoms with Crippen LogP contribution in [0.2, 0.25) is 5.02 Å². The number of rotatable bonds is 6. The van der Waals surface area contributed by atoms with Crippen molar-refractivity contribution in [1.29, 1.82) is 5.26 Å². The third kappa shape index (κ3) is 4.98. The van der Waals surface area contributed by atoms with E-state index in [1.807, 2.05) is 39.0 Å². The minimum absolute atomic E-state index is 0.235. The third-order valence-corrected chi connectivity index (χ3v) is 3.16. The van der Waals surface area contributed by atoms with Crippen LogP contribution in [0.5, 0.6) is 5.75 Å². The number of halogens is 1. The van der Waals surface area contributed by atoms with Gasteiger partial charge in [-0.1, -0.05) is 17.7 Å². The lowest BCUT2D eigenvalue weighted by molar-refractivity contribution is 0.295. The lowest BCUT2D eigenvalue weighted by Crippen LogP contribution is -2.08. The zero-order valence-corrected chi connectivity index (χ0v) is 12.0. The Hall–Kier alpha value is -1.20. The molecule has 0 aliphatic rings. The van der Waals surface area contributed by atoms with E-state index < -0.39 is 0 Å².